The molecule has 1 rings (SSSR count). The molecular formula is C11H13ClN2O2S. The molecule has 4 N–H and O–H groups in total. The molecule has 17 heavy (non-hydrogen) atoms. The standard InChI is InChI=1S/C11H13ClN2O2S/c1-11(2,10(13)17)14-9(16)7-5-6(12)3-4-8(7)15/h3-5,15H,1-2H3,(H2,13,17)(H,14,16). The van der Waals surface area contributed by atoms with Crippen LogP contribution in [-0.2, 0) is 0 Å². The lowest BCUT2D eigenvalue weighted by Gasteiger charge is -2.24. The van der Waals surface area contributed by atoms with Crippen LogP contribution in [0.1, 0.15) is 24.2 Å². The largest absolute Gasteiger partial charge is 0.507 e. The summed E-state index contributed by atoms with van der Waals surface area (Å²) in [4.78, 5) is 12.1. The number of carbonyl (C=O) groups excluding carboxylic acids is 1. The average molecular weight is 273 g/mol. The van der Waals surface area contributed by atoms with Gasteiger partial charge in [0.1, 0.15) is 5.75 Å². The zero-order valence-electron chi connectivity index (χ0n) is 9.45. The molecule has 0 aliphatic heterocycles. The second kappa shape index (κ2) is 4.89. The van der Waals surface area contributed by atoms with E-state index in [1.165, 1.54) is 18.2 Å². The normalized spacial score (nSPS) is 11.0. The van der Waals surface area contributed by atoms with Gasteiger partial charge in [0.15, 0.2) is 0 Å². The van der Waals surface area contributed by atoms with E-state index < -0.39 is 11.4 Å². The first-order valence-electron chi connectivity index (χ1n) is 4.85. The lowest BCUT2D eigenvalue weighted by molar-refractivity contribution is 0.0929. The molecule has 0 radical (unpaired) electrons. The van der Waals surface area contributed by atoms with E-state index in [0.29, 0.717) is 5.02 Å². The molecule has 0 aliphatic rings. The second-order valence-electron chi connectivity index (χ2n) is 4.10. The van der Waals surface area contributed by atoms with Gasteiger partial charge in [0.2, 0.25) is 0 Å². The van der Waals surface area contributed by atoms with Crippen LogP contribution in [0.4, 0.5) is 0 Å². The maximum Gasteiger partial charge on any atom is 0.255 e. The summed E-state index contributed by atoms with van der Waals surface area (Å²) in [5, 5.41) is 12.5. The summed E-state index contributed by atoms with van der Waals surface area (Å²) in [6, 6.07) is 4.22. The van der Waals surface area contributed by atoms with E-state index >= 15 is 0 Å². The molecule has 92 valence electrons. The fourth-order valence-corrected chi connectivity index (χ4v) is 1.33. The van der Waals surface area contributed by atoms with Crippen LogP contribution in [0.2, 0.25) is 5.02 Å². The molecule has 0 heterocycles. The lowest BCUT2D eigenvalue weighted by Crippen LogP contribution is -2.52. The molecule has 0 aliphatic carbocycles. The molecule has 0 atom stereocenters. The third kappa shape index (κ3) is 3.31. The first-order valence-corrected chi connectivity index (χ1v) is 5.63. The summed E-state index contributed by atoms with van der Waals surface area (Å²) < 4.78 is 0. The number of hydrogen-bond acceptors (Lipinski definition) is 3. The fraction of sp³-hybridized carbons (Fsp3) is 0.273. The van der Waals surface area contributed by atoms with E-state index in [1.54, 1.807) is 13.8 Å². The summed E-state index contributed by atoms with van der Waals surface area (Å²) in [5.74, 6) is -0.631. The number of nitrogens with two attached hydrogens (primary N) is 1. The Morgan fingerprint density at radius 2 is 2.12 bits per heavy atom. The Labute approximate surface area is 110 Å². The minimum Gasteiger partial charge on any atom is -0.507 e. The van der Waals surface area contributed by atoms with Gasteiger partial charge in [0, 0.05) is 5.02 Å². The minimum absolute atomic E-state index is 0.0850. The van der Waals surface area contributed by atoms with Gasteiger partial charge in [0.25, 0.3) is 5.91 Å². The topological polar surface area (TPSA) is 75.3 Å². The summed E-state index contributed by atoms with van der Waals surface area (Å²) in [6.07, 6.45) is 0. The van der Waals surface area contributed by atoms with Gasteiger partial charge in [-0.05, 0) is 32.0 Å². The van der Waals surface area contributed by atoms with Crippen LogP contribution in [0.5, 0.6) is 5.75 Å². The van der Waals surface area contributed by atoms with Gasteiger partial charge in [-0.15, -0.1) is 0 Å². The Bertz CT molecular complexity index is 475. The van der Waals surface area contributed by atoms with Gasteiger partial charge in [-0.25, -0.2) is 0 Å². The molecule has 1 aromatic carbocycles. The number of thiocarbonyl (C=S) groups is 1. The number of phenols is 1. The minimum atomic E-state index is -0.832. The number of amides is 1. The van der Waals surface area contributed by atoms with E-state index in [2.05, 4.69) is 5.32 Å². The molecule has 1 aromatic rings. The Hall–Kier alpha value is -1.33. The number of hydrogen-bond donors (Lipinski definition) is 3. The number of nitrogens with one attached hydrogen (secondary N) is 1. The monoisotopic (exact) mass is 272 g/mol. The second-order valence-corrected chi connectivity index (χ2v) is 4.98. The number of rotatable bonds is 3. The first kappa shape index (κ1) is 13.7. The van der Waals surface area contributed by atoms with E-state index in [9.17, 15) is 9.90 Å². The fourth-order valence-electron chi connectivity index (χ4n) is 1.10. The molecular weight excluding hydrogens is 260 g/mol. The number of carbonyl (C=O) groups is 1. The summed E-state index contributed by atoms with van der Waals surface area (Å²) in [6.45, 7) is 3.35. The molecule has 0 bridgehead atoms. The molecule has 0 saturated carbocycles. The molecule has 0 unspecified atom stereocenters. The van der Waals surface area contributed by atoms with Crippen LogP contribution in [-0.4, -0.2) is 21.5 Å². The summed E-state index contributed by atoms with van der Waals surface area (Å²) >= 11 is 10.6. The van der Waals surface area contributed by atoms with Crippen molar-refractivity contribution >= 4 is 34.7 Å². The van der Waals surface area contributed by atoms with Crippen LogP contribution < -0.4 is 11.1 Å². The highest BCUT2D eigenvalue weighted by Gasteiger charge is 2.25. The van der Waals surface area contributed by atoms with Crippen molar-refractivity contribution in [1.82, 2.24) is 5.32 Å². The van der Waals surface area contributed by atoms with Crippen LogP contribution in [0, 0.1) is 0 Å². The van der Waals surface area contributed by atoms with Gasteiger partial charge in [0.05, 0.1) is 16.1 Å². The van der Waals surface area contributed by atoms with Crippen molar-refractivity contribution in [2.24, 2.45) is 5.73 Å². The van der Waals surface area contributed by atoms with Crippen molar-refractivity contribution in [3.8, 4) is 5.75 Å². The van der Waals surface area contributed by atoms with Gasteiger partial charge in [-0.3, -0.25) is 4.79 Å². The molecule has 0 spiro atoms. The lowest BCUT2D eigenvalue weighted by atomic mass is 10.0. The van der Waals surface area contributed by atoms with Gasteiger partial charge >= 0.3 is 0 Å². The van der Waals surface area contributed by atoms with Gasteiger partial charge < -0.3 is 16.2 Å². The van der Waals surface area contributed by atoms with Gasteiger partial charge in [-0.1, -0.05) is 23.8 Å². The van der Waals surface area contributed by atoms with Crippen LogP contribution in [0.3, 0.4) is 0 Å². The zero-order chi connectivity index (χ0) is 13.2. The van der Waals surface area contributed by atoms with E-state index in [1.807, 2.05) is 0 Å². The highest BCUT2D eigenvalue weighted by Crippen LogP contribution is 2.22. The smallest absolute Gasteiger partial charge is 0.255 e. The maximum absolute atomic E-state index is 11.9. The van der Waals surface area contributed by atoms with Crippen molar-refractivity contribution in [1.29, 1.82) is 0 Å². The SMILES string of the molecule is CC(C)(NC(=O)c1cc(Cl)ccc1O)C(N)=S. The quantitative estimate of drug-likeness (QED) is 0.734. The molecule has 6 heteroatoms. The van der Waals surface area contributed by atoms with Gasteiger partial charge in [-0.2, -0.15) is 0 Å². The number of aromatic hydroxyl groups is 1. The van der Waals surface area contributed by atoms with Crippen LogP contribution >= 0.6 is 23.8 Å². The van der Waals surface area contributed by atoms with E-state index in [-0.39, 0.29) is 16.3 Å². The number of benzene rings is 1. The van der Waals surface area contributed by atoms with Crippen LogP contribution in [0.25, 0.3) is 0 Å². The van der Waals surface area contributed by atoms with Crippen molar-refractivity contribution in [2.45, 2.75) is 19.4 Å². The molecule has 0 saturated heterocycles. The van der Waals surface area contributed by atoms with Crippen molar-refractivity contribution in [3.05, 3.63) is 28.8 Å². The number of halogens is 1. The third-order valence-corrected chi connectivity index (χ3v) is 2.99. The molecule has 1 amide bonds. The first-order chi connectivity index (χ1) is 7.74. The highest BCUT2D eigenvalue weighted by molar-refractivity contribution is 7.80. The zero-order valence-corrected chi connectivity index (χ0v) is 11.0. The van der Waals surface area contributed by atoms with Crippen molar-refractivity contribution in [3.63, 3.8) is 0 Å². The summed E-state index contributed by atoms with van der Waals surface area (Å²) in [7, 11) is 0. The highest BCUT2D eigenvalue weighted by atomic mass is 35.5. The third-order valence-electron chi connectivity index (χ3n) is 2.25. The Balaban J connectivity index is 2.98. The van der Waals surface area contributed by atoms with Crippen molar-refractivity contribution < 1.29 is 9.90 Å². The van der Waals surface area contributed by atoms with E-state index in [0.717, 1.165) is 0 Å². The maximum atomic E-state index is 11.9. The molecule has 4 nitrogen and oxygen atoms in total. The predicted molar refractivity (Wildman–Crippen MR) is 71.4 cm³/mol. The van der Waals surface area contributed by atoms with Crippen LogP contribution in [0.15, 0.2) is 18.2 Å². The Morgan fingerprint density at radius 1 is 1.53 bits per heavy atom. The molecule has 0 fully saturated rings. The van der Waals surface area contributed by atoms with Crippen molar-refractivity contribution in [2.75, 3.05) is 0 Å². The Morgan fingerprint density at radius 3 is 2.65 bits per heavy atom. The number of phenolic OH excluding ortho intramolecular Hbond substituents is 1. The average Bonchev–Trinajstić information content (AvgIpc) is 2.20. The predicted octanol–water partition coefficient (Wildman–Crippen LogP) is 1.84. The van der Waals surface area contributed by atoms with E-state index in [4.69, 9.17) is 29.6 Å². The molecule has 0 aromatic heterocycles. The summed E-state index contributed by atoms with van der Waals surface area (Å²) in [5.41, 5.74) is 4.75. The Kier molecular flexibility index (Phi) is 3.95.